The van der Waals surface area contributed by atoms with Gasteiger partial charge in [0.15, 0.2) is 0 Å². The molecule has 2 saturated carbocycles. The van der Waals surface area contributed by atoms with Crippen molar-refractivity contribution in [1.29, 1.82) is 0 Å². The molecule has 0 heterocycles. The molecule has 0 aromatic rings. The normalized spacial score (nSPS) is 29.6. The maximum absolute atomic E-state index is 12.2. The van der Waals surface area contributed by atoms with Gasteiger partial charge in [-0.05, 0) is 38.6 Å². The molecule has 0 bridgehead atoms. The van der Waals surface area contributed by atoms with Crippen molar-refractivity contribution < 1.29 is 4.79 Å². The molecular weight excluding hydrogens is 238 g/mol. The number of hydrogen-bond acceptors (Lipinski definition) is 3. The molecule has 2 aliphatic carbocycles. The molecule has 0 aromatic heterocycles. The molecule has 110 valence electrons. The predicted octanol–water partition coefficient (Wildman–Crippen LogP) is 1.49. The third-order valence-corrected chi connectivity index (χ3v) is 4.72. The summed E-state index contributed by atoms with van der Waals surface area (Å²) in [6, 6.07) is 1.16. The molecule has 4 heteroatoms. The van der Waals surface area contributed by atoms with Crippen LogP contribution in [0.4, 0.5) is 0 Å². The van der Waals surface area contributed by atoms with Gasteiger partial charge in [0.25, 0.3) is 0 Å². The van der Waals surface area contributed by atoms with E-state index in [0.717, 1.165) is 12.5 Å². The van der Waals surface area contributed by atoms with Crippen LogP contribution in [0, 0.1) is 5.92 Å². The first-order valence-electron chi connectivity index (χ1n) is 7.78. The molecule has 19 heavy (non-hydrogen) atoms. The number of nitrogens with two attached hydrogens (primary N) is 1. The Morgan fingerprint density at radius 2 is 1.84 bits per heavy atom. The number of carbonyl (C=O) groups is 1. The van der Waals surface area contributed by atoms with Gasteiger partial charge in [-0.1, -0.05) is 26.7 Å². The van der Waals surface area contributed by atoms with Crippen molar-refractivity contribution in [3.63, 3.8) is 0 Å². The summed E-state index contributed by atoms with van der Waals surface area (Å²) in [6.45, 7) is 4.00. The topological polar surface area (TPSA) is 58.4 Å². The minimum Gasteiger partial charge on any atom is -0.350 e. The molecule has 3 N–H and O–H groups in total. The highest BCUT2D eigenvalue weighted by atomic mass is 16.2. The summed E-state index contributed by atoms with van der Waals surface area (Å²) in [5.41, 5.74) is 5.95. The molecular formula is C15H29N3O. The van der Waals surface area contributed by atoms with Gasteiger partial charge in [0.1, 0.15) is 0 Å². The van der Waals surface area contributed by atoms with Gasteiger partial charge in [0.05, 0.1) is 6.04 Å². The van der Waals surface area contributed by atoms with Crippen LogP contribution in [0.15, 0.2) is 0 Å². The zero-order valence-electron chi connectivity index (χ0n) is 12.6. The Labute approximate surface area is 117 Å². The first-order chi connectivity index (χ1) is 9.00. The van der Waals surface area contributed by atoms with Crippen LogP contribution >= 0.6 is 0 Å². The van der Waals surface area contributed by atoms with Crippen molar-refractivity contribution in [3.8, 4) is 0 Å². The third-order valence-electron chi connectivity index (χ3n) is 4.72. The van der Waals surface area contributed by atoms with Gasteiger partial charge < -0.3 is 11.1 Å². The SMILES string of the molecule is CC(C)[C@H](N)C(=O)N[C@@H]1CCCC[C@@H]1N(C)C1CC1. The fraction of sp³-hybridized carbons (Fsp3) is 0.933. The van der Waals surface area contributed by atoms with Crippen LogP contribution in [0.3, 0.4) is 0 Å². The second-order valence-electron chi connectivity index (χ2n) is 6.63. The van der Waals surface area contributed by atoms with Crippen LogP contribution in [-0.2, 0) is 4.79 Å². The zero-order valence-corrected chi connectivity index (χ0v) is 12.6. The Kier molecular flexibility index (Phi) is 4.85. The zero-order chi connectivity index (χ0) is 14.0. The average Bonchev–Trinajstić information content (AvgIpc) is 3.21. The van der Waals surface area contributed by atoms with Gasteiger partial charge in [-0.2, -0.15) is 0 Å². The number of rotatable bonds is 5. The lowest BCUT2D eigenvalue weighted by molar-refractivity contribution is -0.124. The molecule has 0 aliphatic heterocycles. The van der Waals surface area contributed by atoms with E-state index in [4.69, 9.17) is 5.73 Å². The second-order valence-corrected chi connectivity index (χ2v) is 6.63. The summed E-state index contributed by atoms with van der Waals surface area (Å²) < 4.78 is 0. The first kappa shape index (κ1) is 14.8. The monoisotopic (exact) mass is 267 g/mol. The standard InChI is InChI=1S/C15H29N3O/c1-10(2)14(16)15(19)17-12-6-4-5-7-13(12)18(3)11-8-9-11/h10-14H,4-9,16H2,1-3H3,(H,17,19)/t12-,13+,14+/m1/s1. The van der Waals surface area contributed by atoms with E-state index >= 15 is 0 Å². The van der Waals surface area contributed by atoms with Gasteiger partial charge in [-0.3, -0.25) is 9.69 Å². The van der Waals surface area contributed by atoms with Crippen molar-refractivity contribution in [2.45, 2.75) is 76.5 Å². The smallest absolute Gasteiger partial charge is 0.237 e. The van der Waals surface area contributed by atoms with E-state index in [-0.39, 0.29) is 23.9 Å². The molecule has 2 rings (SSSR count). The summed E-state index contributed by atoms with van der Waals surface area (Å²) in [4.78, 5) is 14.6. The van der Waals surface area contributed by atoms with Gasteiger partial charge in [-0.15, -0.1) is 0 Å². The van der Waals surface area contributed by atoms with Crippen LogP contribution < -0.4 is 11.1 Å². The molecule has 0 spiro atoms. The highest BCUT2D eigenvalue weighted by molar-refractivity contribution is 5.82. The van der Waals surface area contributed by atoms with Gasteiger partial charge in [0, 0.05) is 18.1 Å². The van der Waals surface area contributed by atoms with Gasteiger partial charge in [0.2, 0.25) is 5.91 Å². The van der Waals surface area contributed by atoms with Crippen LogP contribution in [-0.4, -0.2) is 42.0 Å². The third kappa shape index (κ3) is 3.69. The second kappa shape index (κ2) is 6.23. The highest BCUT2D eigenvalue weighted by Crippen LogP contribution is 2.32. The Morgan fingerprint density at radius 1 is 1.21 bits per heavy atom. The molecule has 4 nitrogen and oxygen atoms in total. The minimum atomic E-state index is -0.381. The quantitative estimate of drug-likeness (QED) is 0.793. The number of nitrogens with one attached hydrogen (secondary N) is 1. The molecule has 0 unspecified atom stereocenters. The highest BCUT2D eigenvalue weighted by Gasteiger charge is 2.37. The number of amides is 1. The summed E-state index contributed by atoms with van der Waals surface area (Å²) in [7, 11) is 2.22. The van der Waals surface area contributed by atoms with E-state index in [1.165, 1.54) is 32.1 Å². The van der Waals surface area contributed by atoms with Crippen LogP contribution in [0.25, 0.3) is 0 Å². The number of carbonyl (C=O) groups excluding carboxylic acids is 1. The molecule has 0 aromatic carbocycles. The summed E-state index contributed by atoms with van der Waals surface area (Å²) in [5, 5.41) is 3.21. The Balaban J connectivity index is 1.93. The Hall–Kier alpha value is -0.610. The van der Waals surface area contributed by atoms with E-state index < -0.39 is 0 Å². The summed E-state index contributed by atoms with van der Waals surface area (Å²) in [5.74, 6) is 0.222. The molecule has 3 atom stereocenters. The van der Waals surface area contributed by atoms with Crippen molar-refractivity contribution in [2.75, 3.05) is 7.05 Å². The number of hydrogen-bond donors (Lipinski definition) is 2. The van der Waals surface area contributed by atoms with Crippen molar-refractivity contribution >= 4 is 5.91 Å². The molecule has 2 aliphatic rings. The molecule has 0 saturated heterocycles. The summed E-state index contributed by atoms with van der Waals surface area (Å²) in [6.07, 6.45) is 7.44. The van der Waals surface area contributed by atoms with Gasteiger partial charge >= 0.3 is 0 Å². The number of nitrogens with zero attached hydrogens (tertiary/aromatic N) is 1. The van der Waals surface area contributed by atoms with Crippen molar-refractivity contribution in [3.05, 3.63) is 0 Å². The van der Waals surface area contributed by atoms with E-state index in [9.17, 15) is 4.79 Å². The van der Waals surface area contributed by atoms with Crippen LogP contribution in [0.1, 0.15) is 52.4 Å². The largest absolute Gasteiger partial charge is 0.350 e. The number of likely N-dealkylation sites (N-methyl/N-ethyl adjacent to an activating group) is 1. The molecule has 2 fully saturated rings. The van der Waals surface area contributed by atoms with Gasteiger partial charge in [-0.25, -0.2) is 0 Å². The maximum Gasteiger partial charge on any atom is 0.237 e. The van der Waals surface area contributed by atoms with E-state index in [1.807, 2.05) is 13.8 Å². The lowest BCUT2D eigenvalue weighted by atomic mass is 9.88. The molecule has 0 radical (unpaired) electrons. The van der Waals surface area contributed by atoms with E-state index in [1.54, 1.807) is 0 Å². The summed E-state index contributed by atoms with van der Waals surface area (Å²) >= 11 is 0. The van der Waals surface area contributed by atoms with E-state index in [2.05, 4.69) is 17.3 Å². The predicted molar refractivity (Wildman–Crippen MR) is 77.8 cm³/mol. The Morgan fingerprint density at radius 3 is 2.42 bits per heavy atom. The maximum atomic E-state index is 12.2. The molecule has 1 amide bonds. The fourth-order valence-corrected chi connectivity index (χ4v) is 3.10. The van der Waals surface area contributed by atoms with Crippen molar-refractivity contribution in [2.24, 2.45) is 11.7 Å². The van der Waals surface area contributed by atoms with Crippen molar-refractivity contribution in [1.82, 2.24) is 10.2 Å². The minimum absolute atomic E-state index is 0.0242. The first-order valence-corrected chi connectivity index (χ1v) is 7.78. The Bertz CT molecular complexity index is 315. The van der Waals surface area contributed by atoms with Crippen LogP contribution in [0.2, 0.25) is 0 Å². The van der Waals surface area contributed by atoms with E-state index in [0.29, 0.717) is 6.04 Å². The lowest BCUT2D eigenvalue weighted by Gasteiger charge is -2.39. The fourth-order valence-electron chi connectivity index (χ4n) is 3.10. The average molecular weight is 267 g/mol. The van der Waals surface area contributed by atoms with Crippen LogP contribution in [0.5, 0.6) is 0 Å². The lowest BCUT2D eigenvalue weighted by Crippen LogP contribution is -2.56.